The van der Waals surface area contributed by atoms with Crippen molar-refractivity contribution in [3.8, 4) is 5.75 Å². The fourth-order valence-electron chi connectivity index (χ4n) is 1.81. The number of benzene rings is 2. The summed E-state index contributed by atoms with van der Waals surface area (Å²) in [5.74, 6) is 1.36. The van der Waals surface area contributed by atoms with Crippen molar-refractivity contribution in [2.75, 3.05) is 0 Å². The van der Waals surface area contributed by atoms with Crippen molar-refractivity contribution in [3.05, 3.63) is 46.7 Å². The fraction of sp³-hybridized carbons (Fsp3) is 0.154. The molecule has 3 aromatic rings. The molecule has 0 bridgehead atoms. The Labute approximate surface area is 118 Å². The first-order chi connectivity index (χ1) is 9.20. The van der Waals surface area contributed by atoms with Gasteiger partial charge in [0.1, 0.15) is 5.75 Å². The van der Waals surface area contributed by atoms with Gasteiger partial charge in [-0.3, -0.25) is 0 Å². The van der Waals surface area contributed by atoms with E-state index in [2.05, 4.69) is 37.4 Å². The number of ether oxygens (including phenoxy) is 1. The molecule has 5 nitrogen and oxygen atoms in total. The average molecular weight is 319 g/mol. The van der Waals surface area contributed by atoms with Crippen LogP contribution in [0.15, 0.2) is 40.9 Å². The number of aromatic nitrogens is 4. The molecule has 0 spiro atoms. The van der Waals surface area contributed by atoms with Crippen LogP contribution >= 0.6 is 15.9 Å². The van der Waals surface area contributed by atoms with E-state index in [1.807, 2.05) is 30.3 Å². The third kappa shape index (κ3) is 2.73. The average Bonchev–Trinajstić information content (AvgIpc) is 2.82. The van der Waals surface area contributed by atoms with Gasteiger partial charge in [-0.1, -0.05) is 28.1 Å². The molecule has 0 radical (unpaired) electrons. The van der Waals surface area contributed by atoms with Crippen molar-refractivity contribution >= 4 is 26.7 Å². The Hall–Kier alpha value is -1.95. The predicted octanol–water partition coefficient (Wildman–Crippen LogP) is 2.70. The lowest BCUT2D eigenvalue weighted by molar-refractivity contribution is 0.295. The fourth-order valence-corrected chi connectivity index (χ4v) is 2.19. The van der Waals surface area contributed by atoms with E-state index in [0.717, 1.165) is 15.6 Å². The van der Waals surface area contributed by atoms with Crippen molar-refractivity contribution < 1.29 is 4.74 Å². The number of rotatable bonds is 3. The van der Waals surface area contributed by atoms with Crippen LogP contribution in [0.1, 0.15) is 5.82 Å². The molecule has 0 N–H and O–H groups in total. The monoisotopic (exact) mass is 318 g/mol. The van der Waals surface area contributed by atoms with Crippen LogP contribution in [0.25, 0.3) is 10.8 Å². The van der Waals surface area contributed by atoms with Gasteiger partial charge in [0.25, 0.3) is 0 Å². The van der Waals surface area contributed by atoms with E-state index in [-0.39, 0.29) is 0 Å². The Morgan fingerprint density at radius 1 is 1.16 bits per heavy atom. The number of aryl methyl sites for hydroxylation is 1. The van der Waals surface area contributed by atoms with Crippen LogP contribution in [0.3, 0.4) is 0 Å². The standard InChI is InChI=1S/C13H11BrN4O/c1-18-16-13(15-17-18)8-19-12-5-3-9-6-11(14)4-2-10(9)7-12/h2-7H,8H2,1H3. The molecule has 0 atom stereocenters. The summed E-state index contributed by atoms with van der Waals surface area (Å²) in [6.45, 7) is 0.315. The second kappa shape index (κ2) is 4.97. The summed E-state index contributed by atoms with van der Waals surface area (Å²) < 4.78 is 6.72. The Balaban J connectivity index is 1.79. The van der Waals surface area contributed by atoms with E-state index < -0.39 is 0 Å². The summed E-state index contributed by atoms with van der Waals surface area (Å²) in [4.78, 5) is 1.41. The van der Waals surface area contributed by atoms with E-state index in [1.54, 1.807) is 7.05 Å². The minimum Gasteiger partial charge on any atom is -0.485 e. The van der Waals surface area contributed by atoms with Gasteiger partial charge in [0.2, 0.25) is 5.82 Å². The van der Waals surface area contributed by atoms with Crippen LogP contribution in [-0.2, 0) is 13.7 Å². The first kappa shape index (κ1) is 12.1. The molecule has 0 fully saturated rings. The molecule has 2 aromatic carbocycles. The largest absolute Gasteiger partial charge is 0.485 e. The lowest BCUT2D eigenvalue weighted by atomic mass is 10.1. The maximum atomic E-state index is 5.65. The van der Waals surface area contributed by atoms with Gasteiger partial charge in [0, 0.05) is 4.47 Å². The summed E-state index contributed by atoms with van der Waals surface area (Å²) in [6.07, 6.45) is 0. The van der Waals surface area contributed by atoms with Crippen molar-refractivity contribution in [2.45, 2.75) is 6.61 Å². The van der Waals surface area contributed by atoms with Crippen LogP contribution in [0.5, 0.6) is 5.75 Å². The predicted molar refractivity (Wildman–Crippen MR) is 74.8 cm³/mol. The summed E-state index contributed by atoms with van der Waals surface area (Å²) in [6, 6.07) is 12.1. The molecule has 1 heterocycles. The Morgan fingerprint density at radius 3 is 2.74 bits per heavy atom. The van der Waals surface area contributed by atoms with Crippen molar-refractivity contribution in [2.24, 2.45) is 7.05 Å². The Kier molecular flexibility index (Phi) is 3.16. The molecule has 6 heteroatoms. The van der Waals surface area contributed by atoms with E-state index in [9.17, 15) is 0 Å². The van der Waals surface area contributed by atoms with E-state index in [0.29, 0.717) is 12.4 Å². The zero-order chi connectivity index (χ0) is 13.2. The lowest BCUT2D eigenvalue weighted by Crippen LogP contribution is -1.99. The van der Waals surface area contributed by atoms with E-state index in [1.165, 1.54) is 10.2 Å². The SMILES string of the molecule is Cn1nnc(COc2ccc3cc(Br)ccc3c2)n1. The maximum Gasteiger partial charge on any atom is 0.212 e. The van der Waals surface area contributed by atoms with Gasteiger partial charge in [-0.05, 0) is 40.3 Å². The minimum atomic E-state index is 0.315. The zero-order valence-corrected chi connectivity index (χ0v) is 11.8. The number of fused-ring (bicyclic) bond motifs is 1. The van der Waals surface area contributed by atoms with Gasteiger partial charge in [0.05, 0.1) is 7.05 Å². The van der Waals surface area contributed by atoms with Crippen molar-refractivity contribution in [1.29, 1.82) is 0 Å². The molecule has 1 aromatic heterocycles. The molecule has 0 aliphatic rings. The molecule has 0 unspecified atom stereocenters. The molecule has 19 heavy (non-hydrogen) atoms. The smallest absolute Gasteiger partial charge is 0.212 e. The second-order valence-electron chi connectivity index (χ2n) is 4.14. The van der Waals surface area contributed by atoms with Gasteiger partial charge in [-0.15, -0.1) is 10.2 Å². The summed E-state index contributed by atoms with van der Waals surface area (Å²) >= 11 is 3.46. The lowest BCUT2D eigenvalue weighted by Gasteiger charge is -2.05. The van der Waals surface area contributed by atoms with Gasteiger partial charge in [0.15, 0.2) is 6.61 Å². The molecule has 96 valence electrons. The highest BCUT2D eigenvalue weighted by molar-refractivity contribution is 9.10. The summed E-state index contributed by atoms with van der Waals surface area (Å²) in [5, 5.41) is 14.0. The highest BCUT2D eigenvalue weighted by Gasteiger charge is 2.03. The van der Waals surface area contributed by atoms with Gasteiger partial charge in [-0.2, -0.15) is 4.80 Å². The summed E-state index contributed by atoms with van der Waals surface area (Å²) in [5.41, 5.74) is 0. The molecular formula is C13H11BrN4O. The molecule has 0 saturated carbocycles. The maximum absolute atomic E-state index is 5.65. The van der Waals surface area contributed by atoms with Crippen LogP contribution < -0.4 is 4.74 Å². The van der Waals surface area contributed by atoms with Crippen LogP contribution in [0, 0.1) is 0 Å². The number of tetrazole rings is 1. The van der Waals surface area contributed by atoms with Crippen LogP contribution in [-0.4, -0.2) is 20.2 Å². The molecular weight excluding hydrogens is 308 g/mol. The number of hydrogen-bond acceptors (Lipinski definition) is 4. The van der Waals surface area contributed by atoms with E-state index >= 15 is 0 Å². The van der Waals surface area contributed by atoms with Gasteiger partial charge >= 0.3 is 0 Å². The van der Waals surface area contributed by atoms with Gasteiger partial charge < -0.3 is 4.74 Å². The second-order valence-corrected chi connectivity index (χ2v) is 5.05. The highest BCUT2D eigenvalue weighted by Crippen LogP contribution is 2.24. The van der Waals surface area contributed by atoms with Gasteiger partial charge in [-0.25, -0.2) is 0 Å². The highest BCUT2D eigenvalue weighted by atomic mass is 79.9. The molecule has 0 amide bonds. The van der Waals surface area contributed by atoms with Crippen molar-refractivity contribution in [3.63, 3.8) is 0 Å². The number of hydrogen-bond donors (Lipinski definition) is 0. The van der Waals surface area contributed by atoms with Crippen LogP contribution in [0.4, 0.5) is 0 Å². The summed E-state index contributed by atoms with van der Waals surface area (Å²) in [7, 11) is 1.73. The third-order valence-electron chi connectivity index (χ3n) is 2.69. The quantitative estimate of drug-likeness (QED) is 0.745. The topological polar surface area (TPSA) is 52.8 Å². The molecule has 0 aliphatic heterocycles. The first-order valence-corrected chi connectivity index (χ1v) is 6.55. The molecule has 0 saturated heterocycles. The van der Waals surface area contributed by atoms with E-state index in [4.69, 9.17) is 4.74 Å². The molecule has 3 rings (SSSR count). The van der Waals surface area contributed by atoms with Crippen molar-refractivity contribution in [1.82, 2.24) is 20.2 Å². The Bertz CT molecular complexity index is 725. The number of halogens is 1. The van der Waals surface area contributed by atoms with Crippen LogP contribution in [0.2, 0.25) is 0 Å². The first-order valence-electron chi connectivity index (χ1n) is 5.76. The normalized spacial score (nSPS) is 10.8. The molecule has 0 aliphatic carbocycles. The zero-order valence-electron chi connectivity index (χ0n) is 10.2. The third-order valence-corrected chi connectivity index (χ3v) is 3.18. The number of nitrogens with zero attached hydrogens (tertiary/aromatic N) is 4. The minimum absolute atomic E-state index is 0.315. The Morgan fingerprint density at radius 2 is 1.95 bits per heavy atom.